The lowest BCUT2D eigenvalue weighted by Gasteiger charge is -2.35. The molecule has 0 heterocycles. The molecule has 0 radical (unpaired) electrons. The summed E-state index contributed by atoms with van der Waals surface area (Å²) in [4.78, 5) is 29.7. The Morgan fingerprint density at radius 1 is 0.881 bits per heavy atom. The molecular formula is C34H43N3O4S. The van der Waals surface area contributed by atoms with Gasteiger partial charge in [-0.1, -0.05) is 99.3 Å². The lowest BCUT2D eigenvalue weighted by molar-refractivity contribution is -0.140. The van der Waals surface area contributed by atoms with Crippen molar-refractivity contribution >= 4 is 27.5 Å². The van der Waals surface area contributed by atoms with Gasteiger partial charge in [-0.2, -0.15) is 0 Å². The van der Waals surface area contributed by atoms with Crippen LogP contribution in [0.2, 0.25) is 0 Å². The number of carbonyl (C=O) groups excluding carboxylic acids is 2. The molecule has 1 aliphatic rings. The van der Waals surface area contributed by atoms with Gasteiger partial charge in [-0.25, -0.2) is 8.42 Å². The number of rotatable bonds is 12. The minimum atomic E-state index is -4.08. The highest BCUT2D eigenvalue weighted by molar-refractivity contribution is 7.92. The topological polar surface area (TPSA) is 86.8 Å². The van der Waals surface area contributed by atoms with Crippen LogP contribution >= 0.6 is 0 Å². The average Bonchev–Trinajstić information content (AvgIpc) is 3.01. The summed E-state index contributed by atoms with van der Waals surface area (Å²) >= 11 is 0. The summed E-state index contributed by atoms with van der Waals surface area (Å²) < 4.78 is 29.3. The maximum atomic E-state index is 14.3. The molecule has 1 fully saturated rings. The number of carbonyl (C=O) groups is 2. The van der Waals surface area contributed by atoms with E-state index in [9.17, 15) is 18.0 Å². The van der Waals surface area contributed by atoms with Crippen LogP contribution in [0.5, 0.6) is 0 Å². The first-order chi connectivity index (χ1) is 20.2. The van der Waals surface area contributed by atoms with Crippen molar-refractivity contribution in [3.05, 3.63) is 95.6 Å². The Morgan fingerprint density at radius 3 is 2.17 bits per heavy atom. The van der Waals surface area contributed by atoms with Gasteiger partial charge in [-0.05, 0) is 61.9 Å². The molecule has 0 aliphatic heterocycles. The smallest absolute Gasteiger partial charge is 0.264 e. The molecule has 1 aliphatic carbocycles. The van der Waals surface area contributed by atoms with Crippen LogP contribution in [-0.2, 0) is 32.6 Å². The van der Waals surface area contributed by atoms with Crippen LogP contribution in [0, 0.1) is 6.92 Å². The fraction of sp³-hybridized carbons (Fsp3) is 0.412. The van der Waals surface area contributed by atoms with Crippen LogP contribution in [0.3, 0.4) is 0 Å². The molecule has 0 spiro atoms. The first kappa shape index (κ1) is 31.3. The van der Waals surface area contributed by atoms with Crippen molar-refractivity contribution in [2.75, 3.05) is 10.8 Å². The Bertz CT molecular complexity index is 1440. The Kier molecular flexibility index (Phi) is 10.8. The van der Waals surface area contributed by atoms with Gasteiger partial charge in [0, 0.05) is 12.6 Å². The number of nitrogens with zero attached hydrogens (tertiary/aromatic N) is 2. The van der Waals surface area contributed by atoms with Crippen LogP contribution in [-0.4, -0.2) is 43.8 Å². The van der Waals surface area contributed by atoms with Gasteiger partial charge in [0.2, 0.25) is 11.8 Å². The number of hydrogen-bond acceptors (Lipinski definition) is 4. The average molecular weight is 590 g/mol. The molecule has 3 aromatic carbocycles. The summed E-state index contributed by atoms with van der Waals surface area (Å²) in [5.74, 6) is -0.608. The molecule has 2 amide bonds. The quantitative estimate of drug-likeness (QED) is 0.280. The monoisotopic (exact) mass is 589 g/mol. The van der Waals surface area contributed by atoms with Gasteiger partial charge in [0.1, 0.15) is 12.6 Å². The lowest BCUT2D eigenvalue weighted by Crippen LogP contribution is -2.54. The van der Waals surface area contributed by atoms with Gasteiger partial charge >= 0.3 is 0 Å². The Hall–Kier alpha value is -3.65. The van der Waals surface area contributed by atoms with Crippen LogP contribution in [0.15, 0.2) is 83.8 Å². The van der Waals surface area contributed by atoms with Crippen molar-refractivity contribution in [2.24, 2.45) is 0 Å². The number of benzene rings is 3. The lowest BCUT2D eigenvalue weighted by atomic mass is 9.95. The standard InChI is InChI=1S/C34H43N3O4S/c1-4-28-14-12-13-19-32(28)37(42(40,41)30-17-10-7-11-18-30)25-33(38)36(24-27-22-20-26(3)21-23-27)31(5-2)34(39)35-29-15-8-6-9-16-29/h7,10-14,17-23,29,31H,4-6,8-9,15-16,24-25H2,1-3H3,(H,35,39)/t31-/m0/s1. The third-order valence-electron chi connectivity index (χ3n) is 8.06. The fourth-order valence-electron chi connectivity index (χ4n) is 5.64. The predicted octanol–water partition coefficient (Wildman–Crippen LogP) is 6.01. The normalized spacial score (nSPS) is 14.6. The van der Waals surface area contributed by atoms with Crippen LogP contribution in [0.25, 0.3) is 0 Å². The van der Waals surface area contributed by atoms with Crippen LogP contribution in [0.1, 0.15) is 69.1 Å². The van der Waals surface area contributed by atoms with E-state index in [2.05, 4.69) is 5.32 Å². The van der Waals surface area contributed by atoms with Crippen molar-refractivity contribution in [3.8, 4) is 0 Å². The van der Waals surface area contributed by atoms with Crippen molar-refractivity contribution in [2.45, 2.75) is 89.2 Å². The van der Waals surface area contributed by atoms with Crippen molar-refractivity contribution in [3.63, 3.8) is 0 Å². The zero-order valence-electron chi connectivity index (χ0n) is 25.0. The minimum absolute atomic E-state index is 0.100. The van der Waals surface area contributed by atoms with Crippen LogP contribution in [0.4, 0.5) is 5.69 Å². The van der Waals surface area contributed by atoms with Gasteiger partial charge in [0.05, 0.1) is 10.6 Å². The van der Waals surface area contributed by atoms with Crippen molar-refractivity contribution < 1.29 is 18.0 Å². The molecule has 1 N–H and O–H groups in total. The zero-order valence-corrected chi connectivity index (χ0v) is 25.8. The van der Waals surface area contributed by atoms with Gasteiger partial charge < -0.3 is 10.2 Å². The Morgan fingerprint density at radius 2 is 1.52 bits per heavy atom. The van der Waals surface area contributed by atoms with E-state index in [4.69, 9.17) is 0 Å². The number of para-hydroxylation sites is 1. The first-order valence-corrected chi connectivity index (χ1v) is 16.5. The number of nitrogens with one attached hydrogen (secondary N) is 1. The molecule has 224 valence electrons. The van der Waals surface area contributed by atoms with Gasteiger partial charge in [-0.3, -0.25) is 13.9 Å². The molecule has 42 heavy (non-hydrogen) atoms. The highest BCUT2D eigenvalue weighted by Crippen LogP contribution is 2.28. The fourth-order valence-corrected chi connectivity index (χ4v) is 7.11. The second-order valence-electron chi connectivity index (χ2n) is 11.1. The van der Waals surface area contributed by atoms with E-state index in [1.165, 1.54) is 22.9 Å². The summed E-state index contributed by atoms with van der Waals surface area (Å²) in [7, 11) is -4.08. The molecule has 0 bridgehead atoms. The van der Waals surface area contributed by atoms with E-state index < -0.39 is 28.5 Å². The number of hydrogen-bond donors (Lipinski definition) is 1. The Balaban J connectivity index is 1.72. The van der Waals surface area contributed by atoms with E-state index in [0.29, 0.717) is 18.5 Å². The van der Waals surface area contributed by atoms with E-state index in [-0.39, 0.29) is 23.4 Å². The summed E-state index contributed by atoms with van der Waals surface area (Å²) in [6.07, 6.45) is 6.21. The summed E-state index contributed by atoms with van der Waals surface area (Å²) in [5, 5.41) is 3.19. The predicted molar refractivity (Wildman–Crippen MR) is 168 cm³/mol. The van der Waals surface area contributed by atoms with E-state index in [0.717, 1.165) is 42.4 Å². The minimum Gasteiger partial charge on any atom is -0.352 e. The largest absolute Gasteiger partial charge is 0.352 e. The van der Waals surface area contributed by atoms with E-state index in [1.807, 2.05) is 57.2 Å². The van der Waals surface area contributed by atoms with Gasteiger partial charge in [0.15, 0.2) is 0 Å². The molecule has 3 aromatic rings. The third-order valence-corrected chi connectivity index (χ3v) is 9.84. The third kappa shape index (κ3) is 7.59. The molecule has 4 rings (SSSR count). The van der Waals surface area contributed by atoms with E-state index in [1.54, 1.807) is 35.2 Å². The first-order valence-electron chi connectivity index (χ1n) is 15.1. The highest BCUT2D eigenvalue weighted by Gasteiger charge is 2.35. The second-order valence-corrected chi connectivity index (χ2v) is 12.9. The molecule has 1 saturated carbocycles. The molecule has 8 heteroatoms. The molecule has 0 aromatic heterocycles. The highest BCUT2D eigenvalue weighted by atomic mass is 32.2. The van der Waals surface area contributed by atoms with Crippen molar-refractivity contribution in [1.29, 1.82) is 0 Å². The summed E-state index contributed by atoms with van der Waals surface area (Å²) in [5.41, 5.74) is 3.25. The molecule has 0 saturated heterocycles. The zero-order chi connectivity index (χ0) is 30.1. The summed E-state index contributed by atoms with van der Waals surface area (Å²) in [6, 6.07) is 22.7. The van der Waals surface area contributed by atoms with Crippen LogP contribution < -0.4 is 9.62 Å². The number of amides is 2. The number of sulfonamides is 1. The number of aryl methyl sites for hydroxylation is 2. The number of anilines is 1. The molecule has 0 unspecified atom stereocenters. The van der Waals surface area contributed by atoms with E-state index >= 15 is 0 Å². The maximum Gasteiger partial charge on any atom is 0.264 e. The van der Waals surface area contributed by atoms with Crippen molar-refractivity contribution in [1.82, 2.24) is 10.2 Å². The molecule has 7 nitrogen and oxygen atoms in total. The maximum absolute atomic E-state index is 14.3. The van der Waals surface area contributed by atoms with Gasteiger partial charge in [-0.15, -0.1) is 0 Å². The SMILES string of the molecule is CCc1ccccc1N(CC(=O)N(Cc1ccc(C)cc1)[C@@H](CC)C(=O)NC1CCCCC1)S(=O)(=O)c1ccccc1. The van der Waals surface area contributed by atoms with Gasteiger partial charge in [0.25, 0.3) is 10.0 Å². The summed E-state index contributed by atoms with van der Waals surface area (Å²) in [6.45, 7) is 5.63. The molecule has 1 atom stereocenters. The molecular weight excluding hydrogens is 546 g/mol. The second kappa shape index (κ2) is 14.5. The Labute approximate surface area is 251 Å².